The van der Waals surface area contributed by atoms with Crippen LogP contribution in [0.5, 0.6) is 0 Å². The average Bonchev–Trinajstić information content (AvgIpc) is 3.50. The Morgan fingerprint density at radius 1 is 1.14 bits per heavy atom. The molecule has 0 unspecified atom stereocenters. The third-order valence-corrected chi connectivity index (χ3v) is 7.15. The molecule has 0 aromatic carbocycles. The molecule has 2 fully saturated rings. The number of carbonyl (C=O) groups excluding carboxylic acids is 3. The molecule has 2 saturated heterocycles. The molecule has 2 aliphatic rings. The van der Waals surface area contributed by atoms with Crippen LogP contribution in [0.25, 0.3) is 5.52 Å². The van der Waals surface area contributed by atoms with Crippen LogP contribution in [0.4, 0.5) is 5.82 Å². The van der Waals surface area contributed by atoms with Crippen LogP contribution >= 0.6 is 0 Å². The van der Waals surface area contributed by atoms with Crippen molar-refractivity contribution in [2.24, 2.45) is 17.8 Å². The van der Waals surface area contributed by atoms with E-state index in [0.717, 1.165) is 0 Å². The first kappa shape index (κ1) is 32.1. The fraction of sp³-hybridized carbons (Fsp3) is 0.643. The number of nitrogens with two attached hydrogens (primary N) is 1. The Bertz CT molecular complexity index is 1350. The maximum absolute atomic E-state index is 12.9. The molecule has 0 aliphatic carbocycles. The van der Waals surface area contributed by atoms with Crippen molar-refractivity contribution in [3.63, 3.8) is 0 Å². The first-order chi connectivity index (χ1) is 20.5. The van der Waals surface area contributed by atoms with Crippen LogP contribution in [-0.4, -0.2) is 89.5 Å². The summed E-state index contributed by atoms with van der Waals surface area (Å²) < 4.78 is 35.6. The first-order valence-electron chi connectivity index (χ1n) is 14.1. The van der Waals surface area contributed by atoms with E-state index in [2.05, 4.69) is 21.5 Å². The number of aromatic nitrogens is 3. The van der Waals surface area contributed by atoms with Gasteiger partial charge in [0.25, 0.3) is 0 Å². The van der Waals surface area contributed by atoms with E-state index in [0.29, 0.717) is 24.4 Å². The number of ether oxygens (including phenoxy) is 6. The Morgan fingerprint density at radius 2 is 1.84 bits per heavy atom. The van der Waals surface area contributed by atoms with Gasteiger partial charge >= 0.3 is 17.9 Å². The lowest BCUT2D eigenvalue weighted by molar-refractivity contribution is -0.175. The van der Waals surface area contributed by atoms with Crippen molar-refractivity contribution in [1.82, 2.24) is 19.9 Å². The van der Waals surface area contributed by atoms with Crippen LogP contribution in [0.2, 0.25) is 0 Å². The Kier molecular flexibility index (Phi) is 10.2. The van der Waals surface area contributed by atoms with Gasteiger partial charge in [0.2, 0.25) is 5.60 Å². The summed E-state index contributed by atoms with van der Waals surface area (Å²) >= 11 is 0. The van der Waals surface area contributed by atoms with Crippen LogP contribution in [0.1, 0.15) is 46.4 Å². The van der Waals surface area contributed by atoms with Crippen molar-refractivity contribution in [3.8, 4) is 6.07 Å². The van der Waals surface area contributed by atoms with Crippen LogP contribution in [0.3, 0.4) is 0 Å². The maximum Gasteiger partial charge on any atom is 0.322 e. The van der Waals surface area contributed by atoms with Crippen molar-refractivity contribution in [3.05, 3.63) is 24.2 Å². The second kappa shape index (κ2) is 13.6. The smallest absolute Gasteiger partial charge is 0.322 e. The normalized spacial score (nSPS) is 24.5. The molecule has 2 aliphatic heterocycles. The number of nitriles is 1. The first-order valence-corrected chi connectivity index (χ1v) is 14.1. The molecule has 5 atom stereocenters. The average molecular weight is 603 g/mol. The minimum absolute atomic E-state index is 0.167. The van der Waals surface area contributed by atoms with Gasteiger partial charge in [-0.2, -0.15) is 10.4 Å². The Hall–Kier alpha value is -3.84. The van der Waals surface area contributed by atoms with Crippen LogP contribution < -0.4 is 11.1 Å². The van der Waals surface area contributed by atoms with Crippen LogP contribution in [0, 0.1) is 29.1 Å². The topological polar surface area (TPSA) is 199 Å². The lowest BCUT2D eigenvalue weighted by Gasteiger charge is -2.29. The number of nitrogen functional groups attached to an aromatic ring is 1. The number of hydrogen-bond acceptors (Lipinski definition) is 14. The number of fused-ring (bicyclic) bond motifs is 1. The molecule has 4 rings (SSSR count). The fourth-order valence-corrected chi connectivity index (χ4v) is 4.43. The zero-order chi connectivity index (χ0) is 31.3. The number of rotatable bonds is 13. The van der Waals surface area contributed by atoms with E-state index >= 15 is 0 Å². The molecule has 4 heterocycles. The van der Waals surface area contributed by atoms with Gasteiger partial charge < -0.3 is 34.2 Å². The van der Waals surface area contributed by atoms with Gasteiger partial charge in [0.1, 0.15) is 30.1 Å². The summed E-state index contributed by atoms with van der Waals surface area (Å²) in [5.41, 5.74) is 4.96. The van der Waals surface area contributed by atoms with E-state index in [1.54, 1.807) is 46.8 Å². The Morgan fingerprint density at radius 3 is 2.47 bits per heavy atom. The van der Waals surface area contributed by atoms with Gasteiger partial charge in [0, 0.05) is 5.92 Å². The minimum Gasteiger partial charge on any atom is -0.464 e. The molecule has 3 N–H and O–H groups in total. The third-order valence-electron chi connectivity index (χ3n) is 7.15. The second-order valence-electron chi connectivity index (χ2n) is 11.3. The standard InChI is InChI=1S/C28H38N6O9/c1-15(2)25(35)41-22-21(19-6-7-20-24(30)31-13-33-34(19)20)43-28(11-29,23(22)42-26(36)16(3)4)12-39-14-32-17(5)27(37)40-10-18-8-38-9-18/h6-7,13,15-18,21-23,32H,8-10,12,14H2,1-5H3,(H2,30,31,33)/t17-,21-,22-,23-,28+/m0/s1. The van der Waals surface area contributed by atoms with E-state index in [-0.39, 0.29) is 25.1 Å². The number of esters is 3. The van der Waals surface area contributed by atoms with E-state index in [4.69, 9.17) is 34.2 Å². The quantitative estimate of drug-likeness (QED) is 0.142. The lowest BCUT2D eigenvalue weighted by Crippen LogP contribution is -2.50. The summed E-state index contributed by atoms with van der Waals surface area (Å²) in [6, 6.07) is 4.71. The monoisotopic (exact) mass is 602 g/mol. The highest BCUT2D eigenvalue weighted by molar-refractivity contribution is 5.75. The fourth-order valence-electron chi connectivity index (χ4n) is 4.43. The highest BCUT2D eigenvalue weighted by atomic mass is 16.7. The molecule has 15 heteroatoms. The van der Waals surface area contributed by atoms with Crippen LogP contribution in [0.15, 0.2) is 18.5 Å². The van der Waals surface area contributed by atoms with Gasteiger partial charge in [-0.25, -0.2) is 9.50 Å². The molecule has 43 heavy (non-hydrogen) atoms. The predicted octanol–water partition coefficient (Wildman–Crippen LogP) is 0.923. The molecule has 0 radical (unpaired) electrons. The minimum atomic E-state index is -1.91. The molecular weight excluding hydrogens is 564 g/mol. The summed E-state index contributed by atoms with van der Waals surface area (Å²) in [4.78, 5) is 42.0. The van der Waals surface area contributed by atoms with E-state index in [9.17, 15) is 19.6 Å². The summed E-state index contributed by atoms with van der Waals surface area (Å²) in [6.07, 6.45) is -2.47. The van der Waals surface area contributed by atoms with E-state index in [1.807, 2.05) is 0 Å². The molecular formula is C28H38N6O9. The van der Waals surface area contributed by atoms with Gasteiger partial charge in [-0.15, -0.1) is 0 Å². The largest absolute Gasteiger partial charge is 0.464 e. The molecule has 0 spiro atoms. The highest BCUT2D eigenvalue weighted by Gasteiger charge is 2.61. The lowest BCUT2D eigenvalue weighted by atomic mass is 9.95. The Labute approximate surface area is 248 Å². The van der Waals surface area contributed by atoms with E-state index in [1.165, 1.54) is 10.8 Å². The molecule has 0 bridgehead atoms. The number of carbonyl (C=O) groups is 3. The summed E-state index contributed by atoms with van der Waals surface area (Å²) in [6.45, 7) is 9.02. The zero-order valence-corrected chi connectivity index (χ0v) is 24.8. The molecule has 15 nitrogen and oxygen atoms in total. The van der Waals surface area contributed by atoms with Gasteiger partial charge in [0.15, 0.2) is 18.0 Å². The molecule has 0 amide bonds. The van der Waals surface area contributed by atoms with E-state index < -0.39 is 66.3 Å². The van der Waals surface area contributed by atoms with Crippen molar-refractivity contribution in [2.45, 2.75) is 64.6 Å². The highest BCUT2D eigenvalue weighted by Crippen LogP contribution is 2.44. The van der Waals surface area contributed by atoms with Gasteiger partial charge in [-0.05, 0) is 19.1 Å². The SMILES string of the molecule is CC(C)C(=O)O[C@H]1[C@H](c2ccc3c(N)ncnn23)O[C@](C#N)(COCN[C@@H](C)C(=O)OCC2COC2)[C@H]1OC(=O)C(C)C. The number of nitrogens with one attached hydrogen (secondary N) is 1. The summed E-state index contributed by atoms with van der Waals surface area (Å²) in [5, 5.41) is 17.6. The molecule has 234 valence electrons. The second-order valence-corrected chi connectivity index (χ2v) is 11.3. The summed E-state index contributed by atoms with van der Waals surface area (Å²) in [7, 11) is 0. The van der Waals surface area contributed by atoms with Crippen molar-refractivity contribution in [1.29, 1.82) is 5.26 Å². The van der Waals surface area contributed by atoms with Crippen LogP contribution in [-0.2, 0) is 42.8 Å². The molecule has 0 saturated carbocycles. The van der Waals surface area contributed by atoms with Crippen molar-refractivity contribution in [2.75, 3.05) is 38.9 Å². The Balaban J connectivity index is 1.58. The zero-order valence-electron chi connectivity index (χ0n) is 24.8. The number of anilines is 1. The van der Waals surface area contributed by atoms with Gasteiger partial charge in [0.05, 0.1) is 50.7 Å². The van der Waals surface area contributed by atoms with Gasteiger partial charge in [-0.3, -0.25) is 19.7 Å². The summed E-state index contributed by atoms with van der Waals surface area (Å²) in [5.74, 6) is -2.37. The maximum atomic E-state index is 12.9. The predicted molar refractivity (Wildman–Crippen MR) is 148 cm³/mol. The number of hydrogen-bond donors (Lipinski definition) is 2. The third kappa shape index (κ3) is 7.04. The molecule has 2 aromatic rings. The van der Waals surface area contributed by atoms with Gasteiger partial charge in [-0.1, -0.05) is 27.7 Å². The molecule has 2 aromatic heterocycles. The van der Waals surface area contributed by atoms with Crippen molar-refractivity contribution < 1.29 is 42.8 Å². The van der Waals surface area contributed by atoms with Crippen molar-refractivity contribution >= 4 is 29.2 Å². The number of nitrogens with zero attached hydrogens (tertiary/aromatic N) is 4.